The van der Waals surface area contributed by atoms with Crippen molar-refractivity contribution in [3.05, 3.63) is 29.3 Å². The molecular formula is C13H19ClN2O2. The number of aliphatic hydroxyl groups excluding tert-OH is 1. The van der Waals surface area contributed by atoms with Gasteiger partial charge in [-0.25, -0.2) is 0 Å². The SMILES string of the molecule is CC(C)[C@@H](CO)NCC(=O)Nc1ccccc1Cl. The number of carbonyl (C=O) groups excluding carboxylic acids is 1. The third kappa shape index (κ3) is 4.64. The second-order valence-electron chi connectivity index (χ2n) is 4.44. The van der Waals surface area contributed by atoms with Crippen molar-refractivity contribution >= 4 is 23.2 Å². The zero-order valence-electron chi connectivity index (χ0n) is 10.6. The molecule has 1 aromatic rings. The number of halogens is 1. The second kappa shape index (κ2) is 7.36. The van der Waals surface area contributed by atoms with E-state index in [1.807, 2.05) is 13.8 Å². The van der Waals surface area contributed by atoms with Gasteiger partial charge in [-0.05, 0) is 18.1 Å². The van der Waals surface area contributed by atoms with E-state index in [4.69, 9.17) is 16.7 Å². The molecule has 0 saturated heterocycles. The molecule has 4 nitrogen and oxygen atoms in total. The van der Waals surface area contributed by atoms with Crippen molar-refractivity contribution < 1.29 is 9.90 Å². The van der Waals surface area contributed by atoms with Gasteiger partial charge in [-0.3, -0.25) is 4.79 Å². The van der Waals surface area contributed by atoms with E-state index < -0.39 is 0 Å². The van der Waals surface area contributed by atoms with Crippen molar-refractivity contribution in [2.45, 2.75) is 19.9 Å². The van der Waals surface area contributed by atoms with Crippen molar-refractivity contribution in [2.75, 3.05) is 18.5 Å². The first kappa shape index (κ1) is 15.0. The number of amides is 1. The van der Waals surface area contributed by atoms with Crippen LogP contribution < -0.4 is 10.6 Å². The van der Waals surface area contributed by atoms with Gasteiger partial charge in [-0.2, -0.15) is 0 Å². The Bertz CT molecular complexity index is 396. The molecule has 18 heavy (non-hydrogen) atoms. The highest BCUT2D eigenvalue weighted by molar-refractivity contribution is 6.33. The Morgan fingerprint density at radius 1 is 1.39 bits per heavy atom. The van der Waals surface area contributed by atoms with Crippen LogP contribution in [0.4, 0.5) is 5.69 Å². The Labute approximate surface area is 112 Å². The minimum Gasteiger partial charge on any atom is -0.395 e. The van der Waals surface area contributed by atoms with Gasteiger partial charge in [0.1, 0.15) is 0 Å². The maximum atomic E-state index is 11.7. The zero-order valence-corrected chi connectivity index (χ0v) is 11.4. The van der Waals surface area contributed by atoms with Gasteiger partial charge in [0.25, 0.3) is 0 Å². The molecule has 0 aromatic heterocycles. The third-order valence-electron chi connectivity index (χ3n) is 2.67. The van der Waals surface area contributed by atoms with Crippen molar-refractivity contribution in [1.82, 2.24) is 5.32 Å². The molecule has 0 saturated carbocycles. The summed E-state index contributed by atoms with van der Waals surface area (Å²) in [5.41, 5.74) is 0.594. The lowest BCUT2D eigenvalue weighted by Gasteiger charge is -2.19. The smallest absolute Gasteiger partial charge is 0.238 e. The van der Waals surface area contributed by atoms with Gasteiger partial charge in [0.05, 0.1) is 23.9 Å². The van der Waals surface area contributed by atoms with Gasteiger partial charge in [0.15, 0.2) is 0 Å². The summed E-state index contributed by atoms with van der Waals surface area (Å²) < 4.78 is 0. The second-order valence-corrected chi connectivity index (χ2v) is 4.85. The van der Waals surface area contributed by atoms with Gasteiger partial charge >= 0.3 is 0 Å². The average molecular weight is 271 g/mol. The van der Waals surface area contributed by atoms with Crippen LogP contribution >= 0.6 is 11.6 Å². The number of aliphatic hydroxyl groups is 1. The quantitative estimate of drug-likeness (QED) is 0.740. The van der Waals surface area contributed by atoms with Crippen LogP contribution in [0.5, 0.6) is 0 Å². The van der Waals surface area contributed by atoms with E-state index in [-0.39, 0.29) is 31.0 Å². The highest BCUT2D eigenvalue weighted by Gasteiger charge is 2.13. The normalized spacial score (nSPS) is 12.5. The van der Waals surface area contributed by atoms with E-state index in [2.05, 4.69) is 10.6 Å². The molecule has 0 aliphatic heterocycles. The van der Waals surface area contributed by atoms with Crippen LogP contribution in [0.2, 0.25) is 5.02 Å². The first-order valence-corrected chi connectivity index (χ1v) is 6.31. The van der Waals surface area contributed by atoms with Crippen molar-refractivity contribution in [3.8, 4) is 0 Å². The molecule has 5 heteroatoms. The van der Waals surface area contributed by atoms with Crippen LogP contribution in [0.25, 0.3) is 0 Å². The lowest BCUT2D eigenvalue weighted by molar-refractivity contribution is -0.115. The van der Waals surface area contributed by atoms with Gasteiger partial charge < -0.3 is 15.7 Å². The molecule has 0 radical (unpaired) electrons. The fourth-order valence-corrected chi connectivity index (χ4v) is 1.67. The number of para-hydroxylation sites is 1. The minimum absolute atomic E-state index is 0.0110. The number of carbonyl (C=O) groups is 1. The number of nitrogens with one attached hydrogen (secondary N) is 2. The van der Waals surface area contributed by atoms with Crippen molar-refractivity contribution in [2.24, 2.45) is 5.92 Å². The number of hydrogen-bond acceptors (Lipinski definition) is 3. The Balaban J connectivity index is 2.45. The van der Waals surface area contributed by atoms with Crippen LogP contribution in [0.3, 0.4) is 0 Å². The molecule has 1 aromatic carbocycles. The van der Waals surface area contributed by atoms with Gasteiger partial charge in [0.2, 0.25) is 5.91 Å². The highest BCUT2D eigenvalue weighted by atomic mass is 35.5. The summed E-state index contributed by atoms with van der Waals surface area (Å²) >= 11 is 5.93. The van der Waals surface area contributed by atoms with Gasteiger partial charge in [0, 0.05) is 6.04 Å². The third-order valence-corrected chi connectivity index (χ3v) is 3.00. The maximum absolute atomic E-state index is 11.7. The molecular weight excluding hydrogens is 252 g/mol. The fourth-order valence-electron chi connectivity index (χ4n) is 1.49. The molecule has 100 valence electrons. The van der Waals surface area contributed by atoms with Gasteiger partial charge in [-0.1, -0.05) is 37.6 Å². The van der Waals surface area contributed by atoms with E-state index in [1.165, 1.54) is 0 Å². The van der Waals surface area contributed by atoms with Crippen LogP contribution in [-0.4, -0.2) is 30.2 Å². The monoisotopic (exact) mass is 270 g/mol. The minimum atomic E-state index is -0.179. The fraction of sp³-hybridized carbons (Fsp3) is 0.462. The van der Waals surface area contributed by atoms with Crippen molar-refractivity contribution in [3.63, 3.8) is 0 Å². The first-order valence-electron chi connectivity index (χ1n) is 5.93. The molecule has 0 unspecified atom stereocenters. The van der Waals surface area contributed by atoms with Crippen LogP contribution in [0, 0.1) is 5.92 Å². The molecule has 3 N–H and O–H groups in total. The molecule has 0 heterocycles. The van der Waals surface area contributed by atoms with Crippen LogP contribution in [0.1, 0.15) is 13.8 Å². The number of rotatable bonds is 6. The van der Waals surface area contributed by atoms with Gasteiger partial charge in [-0.15, -0.1) is 0 Å². The van der Waals surface area contributed by atoms with E-state index in [0.717, 1.165) is 0 Å². The first-order chi connectivity index (χ1) is 8.54. The summed E-state index contributed by atoms with van der Waals surface area (Å²) in [6.07, 6.45) is 0. The van der Waals surface area contributed by atoms with Crippen LogP contribution in [-0.2, 0) is 4.79 Å². The zero-order chi connectivity index (χ0) is 13.5. The summed E-state index contributed by atoms with van der Waals surface area (Å²) in [6, 6.07) is 6.99. The summed E-state index contributed by atoms with van der Waals surface area (Å²) in [6.45, 7) is 4.13. The predicted molar refractivity (Wildman–Crippen MR) is 73.8 cm³/mol. The van der Waals surface area contributed by atoms with Crippen molar-refractivity contribution in [1.29, 1.82) is 0 Å². The standard InChI is InChI=1S/C13H19ClN2O2/c1-9(2)12(8-17)15-7-13(18)16-11-6-4-3-5-10(11)14/h3-6,9,12,15,17H,7-8H2,1-2H3,(H,16,18)/t12-/m1/s1. The lowest BCUT2D eigenvalue weighted by Crippen LogP contribution is -2.41. The molecule has 1 atom stereocenters. The lowest BCUT2D eigenvalue weighted by atomic mass is 10.1. The highest BCUT2D eigenvalue weighted by Crippen LogP contribution is 2.19. The Hall–Kier alpha value is -1.10. The van der Waals surface area contributed by atoms with E-state index in [9.17, 15) is 4.79 Å². The summed E-state index contributed by atoms with van der Waals surface area (Å²) in [7, 11) is 0. The molecule has 0 fully saturated rings. The molecule has 0 spiro atoms. The van der Waals surface area contributed by atoms with E-state index in [1.54, 1.807) is 24.3 Å². The summed E-state index contributed by atoms with van der Waals surface area (Å²) in [5.74, 6) is 0.0883. The van der Waals surface area contributed by atoms with E-state index >= 15 is 0 Å². The Kier molecular flexibility index (Phi) is 6.12. The molecule has 0 bridgehead atoms. The molecule has 0 aliphatic carbocycles. The molecule has 0 aliphatic rings. The topological polar surface area (TPSA) is 61.4 Å². The van der Waals surface area contributed by atoms with E-state index in [0.29, 0.717) is 10.7 Å². The Morgan fingerprint density at radius 3 is 2.61 bits per heavy atom. The summed E-state index contributed by atoms with van der Waals surface area (Å²) in [4.78, 5) is 11.7. The molecule has 1 rings (SSSR count). The number of hydrogen-bond donors (Lipinski definition) is 3. The maximum Gasteiger partial charge on any atom is 0.238 e. The number of benzene rings is 1. The van der Waals surface area contributed by atoms with Crippen LogP contribution in [0.15, 0.2) is 24.3 Å². The summed E-state index contributed by atoms with van der Waals surface area (Å²) in [5, 5.41) is 15.4. The average Bonchev–Trinajstić information content (AvgIpc) is 2.32. The molecule has 1 amide bonds. The largest absolute Gasteiger partial charge is 0.395 e. The number of anilines is 1. The Morgan fingerprint density at radius 2 is 2.06 bits per heavy atom. The predicted octanol–water partition coefficient (Wildman–Crippen LogP) is 1.88.